The van der Waals surface area contributed by atoms with E-state index in [2.05, 4.69) is 5.32 Å². The average Bonchev–Trinajstić information content (AvgIpc) is 2.33. The minimum atomic E-state index is -4.43. The first-order chi connectivity index (χ1) is 9.97. The van der Waals surface area contributed by atoms with Gasteiger partial charge < -0.3 is 10.1 Å². The molecule has 0 fully saturated rings. The van der Waals surface area contributed by atoms with E-state index in [-0.39, 0.29) is 5.75 Å². The van der Waals surface area contributed by atoms with Crippen molar-refractivity contribution >= 4 is 11.9 Å². The van der Waals surface area contributed by atoms with E-state index in [0.717, 1.165) is 24.3 Å². The van der Waals surface area contributed by atoms with E-state index in [4.69, 9.17) is 4.74 Å². The summed E-state index contributed by atoms with van der Waals surface area (Å²) >= 11 is 0. The lowest BCUT2D eigenvalue weighted by Gasteiger charge is -2.20. The summed E-state index contributed by atoms with van der Waals surface area (Å²) in [5.74, 6) is -0.610. The van der Waals surface area contributed by atoms with Gasteiger partial charge in [-0.3, -0.25) is 10.1 Å². The highest BCUT2D eigenvalue weighted by molar-refractivity contribution is 5.95. The van der Waals surface area contributed by atoms with Crippen molar-refractivity contribution in [3.63, 3.8) is 0 Å². The quantitative estimate of drug-likeness (QED) is 0.900. The van der Waals surface area contributed by atoms with E-state index in [1.165, 1.54) is 0 Å². The van der Waals surface area contributed by atoms with Crippen molar-refractivity contribution in [1.29, 1.82) is 0 Å². The van der Waals surface area contributed by atoms with E-state index in [1.807, 2.05) is 5.32 Å². The van der Waals surface area contributed by atoms with Gasteiger partial charge in [-0.2, -0.15) is 13.2 Å². The molecule has 0 saturated carbocycles. The Kier molecular flexibility index (Phi) is 5.40. The number of alkyl halides is 3. The molecule has 0 aliphatic rings. The Balaban J connectivity index is 2.46. The lowest BCUT2D eigenvalue weighted by atomic mass is 10.1. The van der Waals surface area contributed by atoms with Crippen LogP contribution in [0.3, 0.4) is 0 Å². The predicted octanol–water partition coefficient (Wildman–Crippen LogP) is 2.71. The normalized spacial score (nSPS) is 11.7. The molecule has 3 amide bonds. The summed E-state index contributed by atoms with van der Waals surface area (Å²) in [6, 6.07) is 3.23. The number of imide groups is 1. The van der Waals surface area contributed by atoms with Crippen molar-refractivity contribution in [3.05, 3.63) is 29.8 Å². The molecular weight excluding hydrogens is 301 g/mol. The summed E-state index contributed by atoms with van der Waals surface area (Å²) in [5, 5.41) is 4.57. The number of rotatable bonds is 3. The molecule has 8 heteroatoms. The van der Waals surface area contributed by atoms with E-state index < -0.39 is 35.8 Å². The molecule has 0 spiro atoms. The summed E-state index contributed by atoms with van der Waals surface area (Å²) in [4.78, 5) is 22.9. The second-order valence-corrected chi connectivity index (χ2v) is 5.56. The van der Waals surface area contributed by atoms with Gasteiger partial charge in [0.05, 0.1) is 5.56 Å². The maximum atomic E-state index is 12.4. The Hall–Kier alpha value is -2.25. The van der Waals surface area contributed by atoms with E-state index in [1.54, 1.807) is 20.8 Å². The first-order valence-corrected chi connectivity index (χ1v) is 6.39. The highest BCUT2D eigenvalue weighted by Crippen LogP contribution is 2.30. The van der Waals surface area contributed by atoms with Crippen LogP contribution in [0, 0.1) is 0 Å². The molecule has 0 radical (unpaired) electrons. The average molecular weight is 318 g/mol. The van der Waals surface area contributed by atoms with Crippen molar-refractivity contribution in [2.45, 2.75) is 32.5 Å². The number of ether oxygens (including phenoxy) is 1. The fraction of sp³-hybridized carbons (Fsp3) is 0.429. The van der Waals surface area contributed by atoms with Crippen LogP contribution in [0.5, 0.6) is 5.75 Å². The molecule has 0 unspecified atom stereocenters. The number of amides is 3. The minimum absolute atomic E-state index is 0.0966. The topological polar surface area (TPSA) is 67.4 Å². The third-order valence-electron chi connectivity index (χ3n) is 2.29. The van der Waals surface area contributed by atoms with Gasteiger partial charge in [-0.05, 0) is 45.0 Å². The van der Waals surface area contributed by atoms with Crippen LogP contribution in [-0.4, -0.2) is 24.1 Å². The number of hydrogen-bond acceptors (Lipinski definition) is 3. The molecule has 1 aromatic rings. The molecule has 1 rings (SSSR count). The molecule has 0 aliphatic carbocycles. The van der Waals surface area contributed by atoms with Crippen molar-refractivity contribution in [2.24, 2.45) is 0 Å². The lowest BCUT2D eigenvalue weighted by molar-refractivity contribution is -0.137. The highest BCUT2D eigenvalue weighted by Gasteiger charge is 2.30. The number of urea groups is 1. The summed E-state index contributed by atoms with van der Waals surface area (Å²) in [6.45, 7) is 4.75. The highest BCUT2D eigenvalue weighted by atomic mass is 19.4. The summed E-state index contributed by atoms with van der Waals surface area (Å²) in [6.07, 6.45) is -4.43. The van der Waals surface area contributed by atoms with Crippen molar-refractivity contribution < 1.29 is 27.5 Å². The maximum Gasteiger partial charge on any atom is 0.416 e. The molecule has 22 heavy (non-hydrogen) atoms. The Morgan fingerprint density at radius 2 is 1.64 bits per heavy atom. The molecule has 0 saturated heterocycles. The second-order valence-electron chi connectivity index (χ2n) is 5.56. The third-order valence-corrected chi connectivity index (χ3v) is 2.29. The fourth-order valence-corrected chi connectivity index (χ4v) is 1.42. The number of benzene rings is 1. The number of halogens is 3. The predicted molar refractivity (Wildman–Crippen MR) is 73.4 cm³/mol. The standard InChI is InChI=1S/C14H17F3N2O3/c1-13(2,3)19-12(21)18-11(20)8-22-10-6-4-9(5-7-10)14(15,16)17/h4-7H,8H2,1-3H3,(H2,18,19,20,21). The van der Waals surface area contributed by atoms with Gasteiger partial charge in [0.2, 0.25) is 0 Å². The van der Waals surface area contributed by atoms with Gasteiger partial charge in [-0.1, -0.05) is 0 Å². The van der Waals surface area contributed by atoms with Crippen LogP contribution in [0.25, 0.3) is 0 Å². The van der Waals surface area contributed by atoms with Crippen LogP contribution in [0.4, 0.5) is 18.0 Å². The van der Waals surface area contributed by atoms with Gasteiger partial charge >= 0.3 is 12.2 Å². The summed E-state index contributed by atoms with van der Waals surface area (Å²) < 4.78 is 42.1. The monoisotopic (exact) mass is 318 g/mol. The van der Waals surface area contributed by atoms with E-state index in [9.17, 15) is 22.8 Å². The van der Waals surface area contributed by atoms with Gasteiger partial charge in [0.15, 0.2) is 6.61 Å². The van der Waals surface area contributed by atoms with Gasteiger partial charge in [-0.25, -0.2) is 4.79 Å². The first-order valence-electron chi connectivity index (χ1n) is 6.39. The van der Waals surface area contributed by atoms with Gasteiger partial charge in [0.1, 0.15) is 5.75 Å². The van der Waals surface area contributed by atoms with Crippen LogP contribution in [0.1, 0.15) is 26.3 Å². The van der Waals surface area contributed by atoms with E-state index >= 15 is 0 Å². The van der Waals surface area contributed by atoms with Crippen LogP contribution in [0.15, 0.2) is 24.3 Å². The van der Waals surface area contributed by atoms with Crippen LogP contribution < -0.4 is 15.4 Å². The largest absolute Gasteiger partial charge is 0.484 e. The Labute approximate surface area is 125 Å². The molecule has 5 nitrogen and oxygen atoms in total. The summed E-state index contributed by atoms with van der Waals surface area (Å²) in [5.41, 5.74) is -1.31. The molecule has 2 N–H and O–H groups in total. The van der Waals surface area contributed by atoms with Crippen LogP contribution in [0.2, 0.25) is 0 Å². The molecule has 0 bridgehead atoms. The van der Waals surface area contributed by atoms with E-state index in [0.29, 0.717) is 0 Å². The lowest BCUT2D eigenvalue weighted by Crippen LogP contribution is -2.49. The molecule has 0 aromatic heterocycles. The number of hydrogen-bond donors (Lipinski definition) is 2. The zero-order chi connectivity index (χ0) is 17.0. The summed E-state index contributed by atoms with van der Waals surface area (Å²) in [7, 11) is 0. The molecule has 0 aliphatic heterocycles. The maximum absolute atomic E-state index is 12.4. The number of carbonyl (C=O) groups is 2. The first kappa shape index (κ1) is 17.8. The molecule has 0 heterocycles. The molecule has 122 valence electrons. The third kappa shape index (κ3) is 6.47. The Morgan fingerprint density at radius 1 is 1.09 bits per heavy atom. The molecule has 0 atom stereocenters. The fourth-order valence-electron chi connectivity index (χ4n) is 1.42. The zero-order valence-corrected chi connectivity index (χ0v) is 12.4. The number of carbonyl (C=O) groups excluding carboxylic acids is 2. The smallest absolute Gasteiger partial charge is 0.416 e. The Morgan fingerprint density at radius 3 is 2.09 bits per heavy atom. The van der Waals surface area contributed by atoms with Crippen LogP contribution in [-0.2, 0) is 11.0 Å². The van der Waals surface area contributed by atoms with Crippen LogP contribution >= 0.6 is 0 Å². The second kappa shape index (κ2) is 6.67. The van der Waals surface area contributed by atoms with Crippen molar-refractivity contribution in [3.8, 4) is 5.75 Å². The van der Waals surface area contributed by atoms with Gasteiger partial charge in [-0.15, -0.1) is 0 Å². The van der Waals surface area contributed by atoms with Crippen molar-refractivity contribution in [1.82, 2.24) is 10.6 Å². The zero-order valence-electron chi connectivity index (χ0n) is 12.4. The SMILES string of the molecule is CC(C)(C)NC(=O)NC(=O)COc1ccc(C(F)(F)F)cc1. The Bertz CT molecular complexity index is 534. The molecule has 1 aromatic carbocycles. The van der Waals surface area contributed by atoms with Gasteiger partial charge in [0.25, 0.3) is 5.91 Å². The minimum Gasteiger partial charge on any atom is -0.484 e. The van der Waals surface area contributed by atoms with Crippen molar-refractivity contribution in [2.75, 3.05) is 6.61 Å². The molecular formula is C14H17F3N2O3. The number of nitrogens with one attached hydrogen (secondary N) is 2. The van der Waals surface area contributed by atoms with Gasteiger partial charge in [0, 0.05) is 5.54 Å².